The van der Waals surface area contributed by atoms with E-state index in [2.05, 4.69) is 28.1 Å². The van der Waals surface area contributed by atoms with Crippen molar-refractivity contribution >= 4 is 0 Å². The van der Waals surface area contributed by atoms with Crippen LogP contribution in [-0.2, 0) is 0 Å². The van der Waals surface area contributed by atoms with E-state index >= 15 is 0 Å². The molecule has 0 saturated heterocycles. The van der Waals surface area contributed by atoms with E-state index in [0.29, 0.717) is 0 Å². The van der Waals surface area contributed by atoms with Crippen molar-refractivity contribution in [2.45, 2.75) is 96.8 Å². The van der Waals surface area contributed by atoms with E-state index in [-0.39, 0.29) is 0 Å². The van der Waals surface area contributed by atoms with Gasteiger partial charge in [-0.25, -0.2) is 0 Å². The zero-order chi connectivity index (χ0) is 18.7. The highest BCUT2D eigenvalue weighted by molar-refractivity contribution is 4.49. The van der Waals surface area contributed by atoms with Crippen LogP contribution >= 0.6 is 0 Å². The molecule has 0 aliphatic rings. The highest BCUT2D eigenvalue weighted by atomic mass is 35.6. The number of rotatable bonds is 15. The van der Waals surface area contributed by atoms with Gasteiger partial charge in [0.25, 0.3) is 0 Å². The summed E-state index contributed by atoms with van der Waals surface area (Å²) in [5, 5.41) is 0. The molecule has 0 spiro atoms. The molecule has 4 nitrogen and oxygen atoms in total. The fraction of sp³-hybridized carbons (Fsp3) is 1.00. The largest absolute Gasteiger partial charge is 0.357 e. The van der Waals surface area contributed by atoms with Crippen LogP contribution < -0.4 is 14.0 Å². The third-order valence-electron chi connectivity index (χ3n) is 4.18. The van der Waals surface area contributed by atoms with E-state index in [1.807, 2.05) is 0 Å². The molecular formula is C19H42ClNO3. The Labute approximate surface area is 154 Å². The lowest BCUT2D eigenvalue weighted by atomic mass is 10.0. The average Bonchev–Trinajstić information content (AvgIpc) is 2.46. The molecule has 0 unspecified atom stereocenters. The van der Waals surface area contributed by atoms with Crippen LogP contribution in [0.15, 0.2) is 0 Å². The summed E-state index contributed by atoms with van der Waals surface area (Å²) in [7, 11) is 4.03. The summed E-state index contributed by atoms with van der Waals surface area (Å²) in [5.41, 5.74) is 0. The summed E-state index contributed by atoms with van der Waals surface area (Å²) < 4.78 is 26.3. The summed E-state index contributed by atoms with van der Waals surface area (Å²) in [4.78, 5) is 0. The lowest BCUT2D eigenvalue weighted by Gasteiger charge is -2.23. The Balaban J connectivity index is 0. The normalized spacial score (nSPS) is 11.5. The molecule has 0 radical (unpaired) electrons. The van der Waals surface area contributed by atoms with Gasteiger partial charge in [-0.1, -0.05) is 84.0 Å². The van der Waals surface area contributed by atoms with Crippen LogP contribution in [0.25, 0.3) is 0 Å². The topological polar surface area (TPSA) is 69.2 Å². The molecule has 0 fully saturated rings. The minimum absolute atomic E-state index is 1.12. The molecule has 0 atom stereocenters. The van der Waals surface area contributed by atoms with Gasteiger partial charge in [-0.3, -0.25) is 0 Å². The first-order valence-electron chi connectivity index (χ1n) is 9.83. The summed E-state index contributed by atoms with van der Waals surface area (Å²) in [5.74, 6) is 0. The van der Waals surface area contributed by atoms with Crippen LogP contribution in [0.2, 0.25) is 0 Å². The first-order valence-corrected chi connectivity index (χ1v) is 10.8. The van der Waals surface area contributed by atoms with Crippen LogP contribution in [0.1, 0.15) is 96.8 Å². The van der Waals surface area contributed by atoms with Crippen molar-refractivity contribution in [2.24, 2.45) is 0 Å². The van der Waals surface area contributed by atoms with Crippen molar-refractivity contribution in [1.29, 1.82) is 0 Å². The molecule has 5 heteroatoms. The van der Waals surface area contributed by atoms with E-state index in [1.165, 1.54) is 96.4 Å². The molecule has 0 aliphatic carbocycles. The molecule has 0 aliphatic heterocycles. The molecule has 0 N–H and O–H groups in total. The number of hydrogen-bond donors (Lipinski definition) is 0. The fourth-order valence-corrected chi connectivity index (χ4v) is 2.78. The van der Waals surface area contributed by atoms with Crippen molar-refractivity contribution in [3.05, 3.63) is 0 Å². The first-order chi connectivity index (χ1) is 11.3. The van der Waals surface area contributed by atoms with Gasteiger partial charge in [0.05, 0.1) is 38.5 Å². The van der Waals surface area contributed by atoms with E-state index in [9.17, 15) is 0 Å². The molecule has 0 bridgehead atoms. The molecule has 0 rings (SSSR count). The van der Waals surface area contributed by atoms with Gasteiger partial charge in [0.2, 0.25) is 0 Å². The highest BCUT2D eigenvalue weighted by Crippen LogP contribution is 2.13. The second-order valence-corrected chi connectivity index (χ2v) is 8.18. The third-order valence-corrected chi connectivity index (χ3v) is 4.18. The molecule has 24 heavy (non-hydrogen) atoms. The Morgan fingerprint density at radius 1 is 0.542 bits per heavy atom. The lowest BCUT2D eigenvalue weighted by molar-refractivity contribution is -1.73. The highest BCUT2D eigenvalue weighted by Gasteiger charge is 2.04. The number of unbranched alkanes of at least 4 members (excludes halogenated alkanes) is 13. The molecule has 0 aromatic carbocycles. The summed E-state index contributed by atoms with van der Waals surface area (Å²) >= 11 is 0. The van der Waals surface area contributed by atoms with Crippen molar-refractivity contribution in [3.63, 3.8) is 0 Å². The monoisotopic (exact) mass is 367 g/mol. The van der Waals surface area contributed by atoms with Crippen LogP contribution in [-0.4, -0.2) is 32.2 Å². The van der Waals surface area contributed by atoms with Gasteiger partial charge in [0.1, 0.15) is 0 Å². The van der Waals surface area contributed by atoms with Crippen LogP contribution in [0.5, 0.6) is 0 Å². The van der Waals surface area contributed by atoms with E-state index < -0.39 is 10.8 Å². The summed E-state index contributed by atoms with van der Waals surface area (Å²) in [6.45, 7) is 3.63. The molecule has 148 valence electrons. The van der Waals surface area contributed by atoms with Crippen molar-refractivity contribution < 1.29 is 29.2 Å². The van der Waals surface area contributed by atoms with E-state index in [1.54, 1.807) is 0 Å². The van der Waals surface area contributed by atoms with Gasteiger partial charge in [-0.2, -0.15) is 0 Å². The molecule has 0 saturated carbocycles. The Morgan fingerprint density at radius 3 is 1.04 bits per heavy atom. The lowest BCUT2D eigenvalue weighted by Crippen LogP contribution is -2.42. The Hall–Kier alpha value is 0.130. The second kappa shape index (κ2) is 19.5. The van der Waals surface area contributed by atoms with Crippen molar-refractivity contribution in [1.82, 2.24) is 0 Å². The third kappa shape index (κ3) is 33.7. The minimum Gasteiger partial charge on any atom is -0.357 e. The quantitative estimate of drug-likeness (QED) is 0.330. The van der Waals surface area contributed by atoms with Crippen molar-refractivity contribution in [2.75, 3.05) is 27.7 Å². The number of halogens is 1. The van der Waals surface area contributed by atoms with Crippen LogP contribution in [0.4, 0.5) is 0 Å². The zero-order valence-corrected chi connectivity index (χ0v) is 17.4. The summed E-state index contributed by atoms with van der Waals surface area (Å²) in [6, 6.07) is 0. The van der Waals surface area contributed by atoms with E-state index in [4.69, 9.17) is 14.0 Å². The fourth-order valence-electron chi connectivity index (χ4n) is 2.78. The zero-order valence-electron chi connectivity index (χ0n) is 16.7. The van der Waals surface area contributed by atoms with Crippen LogP contribution in [0.3, 0.4) is 0 Å². The first kappa shape index (κ1) is 26.4. The average molecular weight is 368 g/mol. The van der Waals surface area contributed by atoms with Crippen molar-refractivity contribution in [3.8, 4) is 0 Å². The molecule has 0 aromatic rings. The molecule has 0 aromatic heterocycles. The SMILES string of the molecule is CCCCCCCCCCCCCCCC[N+](C)(C)C.[O-][Cl+2]([O-])[O-]. The predicted octanol–water partition coefficient (Wildman–Crippen LogP) is 2.61. The summed E-state index contributed by atoms with van der Waals surface area (Å²) in [6.07, 6.45) is 20.4. The molecular weight excluding hydrogens is 326 g/mol. The standard InChI is InChI=1S/C19H42N.ClO3/c1-5-6-7-8-9-10-11-12-13-14-15-16-17-18-19-20(2,3)4;2-1(3)4/h5-19H2,1-4H3;/q+1;-1. The number of hydrogen-bond acceptors (Lipinski definition) is 3. The Morgan fingerprint density at radius 2 is 0.792 bits per heavy atom. The maximum Gasteiger partial charge on any atom is 0.0780 e. The second-order valence-electron chi connectivity index (χ2n) is 7.80. The van der Waals surface area contributed by atoms with Gasteiger partial charge in [-0.15, -0.1) is 0 Å². The minimum atomic E-state index is -2.85. The van der Waals surface area contributed by atoms with Gasteiger partial charge in [0.15, 0.2) is 0 Å². The Kier molecular flexibility index (Phi) is 21.4. The van der Waals surface area contributed by atoms with Gasteiger partial charge in [-0.05, 0) is 12.8 Å². The molecule has 0 heterocycles. The number of nitrogens with zero attached hydrogens (tertiary/aromatic N) is 1. The number of quaternary nitrogens is 1. The van der Waals surface area contributed by atoms with Gasteiger partial charge >= 0.3 is 0 Å². The predicted molar refractivity (Wildman–Crippen MR) is 93.2 cm³/mol. The Bertz CT molecular complexity index is 230. The van der Waals surface area contributed by atoms with E-state index in [0.717, 1.165) is 4.48 Å². The smallest absolute Gasteiger partial charge is 0.0780 e. The molecule has 0 amide bonds. The maximum absolute atomic E-state index is 8.41. The maximum atomic E-state index is 8.41. The van der Waals surface area contributed by atoms with Crippen LogP contribution in [0, 0.1) is 10.8 Å². The van der Waals surface area contributed by atoms with Gasteiger partial charge in [0, 0.05) is 0 Å². The van der Waals surface area contributed by atoms with Gasteiger partial charge < -0.3 is 18.5 Å².